The lowest BCUT2D eigenvalue weighted by atomic mass is 10.2. The Balaban J connectivity index is 2.29. The number of sulfonamides is 1. The van der Waals surface area contributed by atoms with Gasteiger partial charge >= 0.3 is 0 Å². The number of piperazine rings is 1. The topological polar surface area (TPSA) is 76.2 Å². The van der Waals surface area contributed by atoms with Gasteiger partial charge in [0.25, 0.3) is 0 Å². The molecule has 0 radical (unpaired) electrons. The molecule has 8 heteroatoms. The highest BCUT2D eigenvalue weighted by Gasteiger charge is 2.32. The third-order valence-corrected chi connectivity index (χ3v) is 6.18. The van der Waals surface area contributed by atoms with Crippen LogP contribution in [0.4, 0.5) is 0 Å². The fourth-order valence-electron chi connectivity index (χ4n) is 2.87. The second kappa shape index (κ2) is 7.40. The van der Waals surface area contributed by atoms with Gasteiger partial charge in [0.1, 0.15) is 16.4 Å². The Morgan fingerprint density at radius 3 is 2.25 bits per heavy atom. The molecule has 0 aromatic heterocycles. The van der Waals surface area contributed by atoms with E-state index in [0.717, 1.165) is 0 Å². The van der Waals surface area contributed by atoms with Crippen LogP contribution in [0.1, 0.15) is 18.9 Å². The average molecular weight is 356 g/mol. The number of rotatable bonds is 5. The predicted molar refractivity (Wildman–Crippen MR) is 89.9 cm³/mol. The quantitative estimate of drug-likeness (QED) is 0.794. The smallest absolute Gasteiger partial charge is 0.246 e. The monoisotopic (exact) mass is 356 g/mol. The summed E-state index contributed by atoms with van der Waals surface area (Å²) in [7, 11) is -0.723. The fourth-order valence-corrected chi connectivity index (χ4v) is 4.50. The van der Waals surface area contributed by atoms with Crippen molar-refractivity contribution in [3.8, 4) is 11.5 Å². The van der Waals surface area contributed by atoms with Gasteiger partial charge in [0, 0.05) is 38.2 Å². The van der Waals surface area contributed by atoms with Crippen LogP contribution in [0, 0.1) is 6.92 Å². The molecule has 0 saturated carbocycles. The minimum Gasteiger partial charge on any atom is -0.496 e. The highest BCUT2D eigenvalue weighted by Crippen LogP contribution is 2.35. The first kappa shape index (κ1) is 18.5. The first-order valence-corrected chi connectivity index (χ1v) is 9.30. The molecule has 1 aliphatic rings. The number of hydrogen-bond acceptors (Lipinski definition) is 5. The third kappa shape index (κ3) is 3.34. The SMILES string of the molecule is CCC(=O)N1CCN(S(=O)(=O)c2ccc(OC)c(C)c2OC)CC1. The summed E-state index contributed by atoms with van der Waals surface area (Å²) in [6.45, 7) is 4.93. The highest BCUT2D eigenvalue weighted by molar-refractivity contribution is 7.89. The van der Waals surface area contributed by atoms with E-state index in [1.807, 2.05) is 0 Å². The molecule has 1 amide bonds. The molecule has 1 aromatic carbocycles. The van der Waals surface area contributed by atoms with E-state index in [9.17, 15) is 13.2 Å². The van der Waals surface area contributed by atoms with Gasteiger partial charge in [-0.3, -0.25) is 4.79 Å². The normalized spacial score (nSPS) is 16.1. The maximum absolute atomic E-state index is 13.0. The second-order valence-electron chi connectivity index (χ2n) is 5.56. The average Bonchev–Trinajstić information content (AvgIpc) is 2.60. The standard InChI is InChI=1S/C16H24N2O5S/c1-5-15(19)17-8-10-18(11-9-17)24(20,21)14-7-6-13(22-3)12(2)16(14)23-4/h6-7H,5,8-11H2,1-4H3. The Bertz CT molecular complexity index is 709. The zero-order valence-electron chi connectivity index (χ0n) is 14.5. The Kier molecular flexibility index (Phi) is 5.71. The number of carbonyl (C=O) groups excluding carboxylic acids is 1. The summed E-state index contributed by atoms with van der Waals surface area (Å²) >= 11 is 0. The fraction of sp³-hybridized carbons (Fsp3) is 0.562. The van der Waals surface area contributed by atoms with E-state index in [1.54, 1.807) is 24.8 Å². The second-order valence-corrected chi connectivity index (χ2v) is 7.47. The summed E-state index contributed by atoms with van der Waals surface area (Å²) < 4.78 is 37.9. The molecular weight excluding hydrogens is 332 g/mol. The summed E-state index contributed by atoms with van der Waals surface area (Å²) in [4.78, 5) is 13.6. The molecule has 1 aliphatic heterocycles. The van der Waals surface area contributed by atoms with Gasteiger partial charge in [-0.1, -0.05) is 6.92 Å². The minimum absolute atomic E-state index is 0.0462. The summed E-state index contributed by atoms with van der Waals surface area (Å²) in [6.07, 6.45) is 0.429. The lowest BCUT2D eigenvalue weighted by molar-refractivity contribution is -0.132. The van der Waals surface area contributed by atoms with Gasteiger partial charge in [-0.2, -0.15) is 4.31 Å². The summed E-state index contributed by atoms with van der Waals surface area (Å²) in [5, 5.41) is 0. The Morgan fingerprint density at radius 2 is 1.75 bits per heavy atom. The molecular formula is C16H24N2O5S. The van der Waals surface area contributed by atoms with Gasteiger partial charge in [0.15, 0.2) is 0 Å². The predicted octanol–water partition coefficient (Wildman–Crippen LogP) is 1.26. The first-order chi connectivity index (χ1) is 11.4. The molecule has 0 atom stereocenters. The van der Waals surface area contributed by atoms with E-state index in [0.29, 0.717) is 36.6 Å². The molecule has 1 heterocycles. The van der Waals surface area contributed by atoms with Crippen LogP contribution < -0.4 is 9.47 Å². The summed E-state index contributed by atoms with van der Waals surface area (Å²) in [5.74, 6) is 0.912. The van der Waals surface area contributed by atoms with E-state index < -0.39 is 10.0 Å². The zero-order chi connectivity index (χ0) is 17.9. The summed E-state index contributed by atoms with van der Waals surface area (Å²) in [5.41, 5.74) is 0.640. The van der Waals surface area contributed by atoms with Crippen LogP contribution in [-0.2, 0) is 14.8 Å². The van der Waals surface area contributed by atoms with Crippen molar-refractivity contribution in [2.24, 2.45) is 0 Å². The molecule has 1 fully saturated rings. The third-order valence-electron chi connectivity index (χ3n) is 4.26. The van der Waals surface area contributed by atoms with E-state index in [1.165, 1.54) is 24.6 Å². The van der Waals surface area contributed by atoms with Crippen molar-refractivity contribution < 1.29 is 22.7 Å². The molecule has 7 nitrogen and oxygen atoms in total. The Morgan fingerprint density at radius 1 is 1.12 bits per heavy atom. The first-order valence-electron chi connectivity index (χ1n) is 7.86. The van der Waals surface area contributed by atoms with Crippen LogP contribution in [0.15, 0.2) is 17.0 Å². The van der Waals surface area contributed by atoms with Crippen molar-refractivity contribution in [2.75, 3.05) is 40.4 Å². The number of methoxy groups -OCH3 is 2. The van der Waals surface area contributed by atoms with Crippen LogP contribution in [0.25, 0.3) is 0 Å². The molecule has 0 unspecified atom stereocenters. The molecule has 134 valence electrons. The largest absolute Gasteiger partial charge is 0.496 e. The van der Waals surface area contributed by atoms with Crippen molar-refractivity contribution >= 4 is 15.9 Å². The lowest BCUT2D eigenvalue weighted by Gasteiger charge is -2.34. The number of carbonyl (C=O) groups is 1. The number of nitrogens with zero attached hydrogens (tertiary/aromatic N) is 2. The number of ether oxygens (including phenoxy) is 2. The maximum atomic E-state index is 13.0. The van der Waals surface area contributed by atoms with Crippen molar-refractivity contribution in [3.05, 3.63) is 17.7 Å². The molecule has 1 aromatic rings. The molecule has 0 aliphatic carbocycles. The molecule has 0 N–H and O–H groups in total. The van der Waals surface area contributed by atoms with Gasteiger partial charge in [-0.25, -0.2) is 8.42 Å². The van der Waals surface area contributed by atoms with Gasteiger partial charge < -0.3 is 14.4 Å². The van der Waals surface area contributed by atoms with E-state index in [-0.39, 0.29) is 23.9 Å². The van der Waals surface area contributed by atoms with E-state index in [4.69, 9.17) is 9.47 Å². The van der Waals surface area contributed by atoms with Crippen LogP contribution in [0.3, 0.4) is 0 Å². The molecule has 2 rings (SSSR count). The number of amides is 1. The van der Waals surface area contributed by atoms with Crippen molar-refractivity contribution in [1.29, 1.82) is 0 Å². The minimum atomic E-state index is -3.69. The van der Waals surface area contributed by atoms with Crippen molar-refractivity contribution in [2.45, 2.75) is 25.2 Å². The number of hydrogen-bond donors (Lipinski definition) is 0. The number of benzene rings is 1. The molecule has 0 bridgehead atoms. The molecule has 0 spiro atoms. The molecule has 1 saturated heterocycles. The molecule has 24 heavy (non-hydrogen) atoms. The van der Waals surface area contributed by atoms with E-state index in [2.05, 4.69) is 0 Å². The van der Waals surface area contributed by atoms with E-state index >= 15 is 0 Å². The summed E-state index contributed by atoms with van der Waals surface area (Å²) in [6, 6.07) is 3.13. The zero-order valence-corrected chi connectivity index (χ0v) is 15.4. The van der Waals surface area contributed by atoms with Gasteiger partial charge in [0.2, 0.25) is 15.9 Å². The van der Waals surface area contributed by atoms with Crippen LogP contribution in [0.2, 0.25) is 0 Å². The van der Waals surface area contributed by atoms with Gasteiger partial charge in [-0.15, -0.1) is 0 Å². The maximum Gasteiger partial charge on any atom is 0.246 e. The van der Waals surface area contributed by atoms with Crippen molar-refractivity contribution in [3.63, 3.8) is 0 Å². The Hall–Kier alpha value is -1.80. The highest BCUT2D eigenvalue weighted by atomic mass is 32.2. The Labute approximate surface area is 143 Å². The van der Waals surface area contributed by atoms with Gasteiger partial charge in [-0.05, 0) is 19.1 Å². The van der Waals surface area contributed by atoms with Crippen LogP contribution in [-0.4, -0.2) is 63.9 Å². The van der Waals surface area contributed by atoms with Crippen LogP contribution >= 0.6 is 0 Å². The van der Waals surface area contributed by atoms with Crippen molar-refractivity contribution in [1.82, 2.24) is 9.21 Å². The van der Waals surface area contributed by atoms with Gasteiger partial charge in [0.05, 0.1) is 14.2 Å². The lowest BCUT2D eigenvalue weighted by Crippen LogP contribution is -2.50. The van der Waals surface area contributed by atoms with Crippen LogP contribution in [0.5, 0.6) is 11.5 Å².